The third kappa shape index (κ3) is 2.02. The van der Waals surface area contributed by atoms with Gasteiger partial charge < -0.3 is 4.74 Å². The van der Waals surface area contributed by atoms with E-state index in [2.05, 4.69) is 6.58 Å². The quantitative estimate of drug-likeness (QED) is 0.529. The van der Waals surface area contributed by atoms with E-state index in [9.17, 15) is 4.79 Å². The van der Waals surface area contributed by atoms with Crippen molar-refractivity contribution in [1.29, 1.82) is 0 Å². The fourth-order valence-electron chi connectivity index (χ4n) is 1.30. The van der Waals surface area contributed by atoms with Gasteiger partial charge in [-0.3, -0.25) is 4.79 Å². The lowest BCUT2D eigenvalue weighted by Crippen LogP contribution is -2.03. The topological polar surface area (TPSA) is 26.3 Å². The zero-order valence-corrected chi connectivity index (χ0v) is 8.76. The monoisotopic (exact) mass is 190 g/mol. The van der Waals surface area contributed by atoms with Crippen molar-refractivity contribution in [3.05, 3.63) is 35.4 Å². The first kappa shape index (κ1) is 10.5. The summed E-state index contributed by atoms with van der Waals surface area (Å²) < 4.78 is 5.05. The Morgan fingerprint density at radius 2 is 2.00 bits per heavy atom. The Labute approximate surface area is 84.2 Å². The third-order valence-electron chi connectivity index (χ3n) is 2.25. The highest BCUT2D eigenvalue weighted by Gasteiger charge is 2.06. The van der Waals surface area contributed by atoms with Crippen LogP contribution in [-0.2, 0) is 4.79 Å². The minimum absolute atomic E-state index is 0.293. The number of ether oxygens (including phenoxy) is 1. The van der Waals surface area contributed by atoms with Gasteiger partial charge in [-0.05, 0) is 36.6 Å². The zero-order valence-electron chi connectivity index (χ0n) is 8.76. The van der Waals surface area contributed by atoms with Crippen molar-refractivity contribution >= 4 is 12.0 Å². The zero-order chi connectivity index (χ0) is 10.7. The van der Waals surface area contributed by atoms with Crippen molar-refractivity contribution in [3.8, 4) is 5.75 Å². The molecule has 0 spiro atoms. The van der Waals surface area contributed by atoms with E-state index < -0.39 is 0 Å². The van der Waals surface area contributed by atoms with Gasteiger partial charge in [0.15, 0.2) is 0 Å². The molecular weight excluding hydrogens is 176 g/mol. The molecule has 74 valence electrons. The molecular formula is C12H14O2. The number of esters is 1. The molecule has 0 heterocycles. The lowest BCUT2D eigenvalue weighted by atomic mass is 10.0. The molecule has 0 saturated carbocycles. The van der Waals surface area contributed by atoms with Gasteiger partial charge in [-0.2, -0.15) is 0 Å². The number of hydrogen-bond donors (Lipinski definition) is 0. The van der Waals surface area contributed by atoms with Crippen LogP contribution in [0.25, 0.3) is 6.08 Å². The van der Waals surface area contributed by atoms with Crippen molar-refractivity contribution in [2.24, 2.45) is 0 Å². The number of carbonyl (C=O) groups is 1. The van der Waals surface area contributed by atoms with Gasteiger partial charge in [0, 0.05) is 6.92 Å². The van der Waals surface area contributed by atoms with Crippen molar-refractivity contribution in [2.75, 3.05) is 0 Å². The van der Waals surface area contributed by atoms with Crippen LogP contribution >= 0.6 is 0 Å². The van der Waals surface area contributed by atoms with Crippen LogP contribution in [-0.4, -0.2) is 5.97 Å². The number of hydrogen-bond acceptors (Lipinski definition) is 2. The molecule has 1 aromatic rings. The average molecular weight is 190 g/mol. The highest BCUT2D eigenvalue weighted by Crippen LogP contribution is 2.24. The molecule has 0 aliphatic rings. The first-order valence-electron chi connectivity index (χ1n) is 4.47. The van der Waals surface area contributed by atoms with Gasteiger partial charge in [-0.25, -0.2) is 0 Å². The van der Waals surface area contributed by atoms with E-state index in [1.807, 2.05) is 19.9 Å². The lowest BCUT2D eigenvalue weighted by Gasteiger charge is -2.10. The molecule has 0 amide bonds. The number of carbonyl (C=O) groups excluding carboxylic acids is 1. The van der Waals surface area contributed by atoms with E-state index in [0.717, 1.165) is 16.7 Å². The Bertz CT molecular complexity index is 378. The summed E-state index contributed by atoms with van der Waals surface area (Å²) in [6.45, 7) is 9.03. The molecule has 1 aromatic carbocycles. The minimum Gasteiger partial charge on any atom is -0.426 e. The molecule has 2 heteroatoms. The molecule has 0 N–H and O–H groups in total. The fraction of sp³-hybridized carbons (Fsp3) is 0.250. The van der Waals surface area contributed by atoms with Crippen LogP contribution in [0.5, 0.6) is 5.75 Å². The Kier molecular flexibility index (Phi) is 3.07. The van der Waals surface area contributed by atoms with Crippen LogP contribution in [0.3, 0.4) is 0 Å². The summed E-state index contributed by atoms with van der Waals surface area (Å²) in [6, 6.07) is 3.69. The lowest BCUT2D eigenvalue weighted by molar-refractivity contribution is -0.131. The second-order valence-electron chi connectivity index (χ2n) is 3.20. The molecule has 0 aromatic heterocycles. The van der Waals surface area contributed by atoms with Crippen LogP contribution in [0, 0.1) is 13.8 Å². The first-order chi connectivity index (χ1) is 6.56. The van der Waals surface area contributed by atoms with Gasteiger partial charge >= 0.3 is 5.97 Å². The molecule has 0 unspecified atom stereocenters. The van der Waals surface area contributed by atoms with Crippen molar-refractivity contribution < 1.29 is 9.53 Å². The molecule has 0 saturated heterocycles. The van der Waals surface area contributed by atoms with Crippen LogP contribution < -0.4 is 4.74 Å². The normalized spacial score (nSPS) is 9.64. The predicted molar refractivity (Wildman–Crippen MR) is 57.3 cm³/mol. The smallest absolute Gasteiger partial charge is 0.308 e. The van der Waals surface area contributed by atoms with Gasteiger partial charge in [0.05, 0.1) is 0 Å². The Morgan fingerprint density at radius 1 is 1.36 bits per heavy atom. The molecule has 0 atom stereocenters. The summed E-state index contributed by atoms with van der Waals surface area (Å²) in [5, 5.41) is 0. The van der Waals surface area contributed by atoms with Crippen molar-refractivity contribution in [3.63, 3.8) is 0 Å². The summed E-state index contributed by atoms with van der Waals surface area (Å²) in [7, 11) is 0. The molecule has 14 heavy (non-hydrogen) atoms. The largest absolute Gasteiger partial charge is 0.426 e. The van der Waals surface area contributed by atoms with Gasteiger partial charge in [0.1, 0.15) is 5.75 Å². The number of benzene rings is 1. The third-order valence-corrected chi connectivity index (χ3v) is 2.25. The Morgan fingerprint density at radius 3 is 2.50 bits per heavy atom. The Balaban J connectivity index is 3.16. The summed E-state index contributed by atoms with van der Waals surface area (Å²) in [5.41, 5.74) is 3.15. The highest BCUT2D eigenvalue weighted by atomic mass is 16.5. The summed E-state index contributed by atoms with van der Waals surface area (Å²) >= 11 is 0. The van der Waals surface area contributed by atoms with E-state index in [1.54, 1.807) is 12.1 Å². The van der Waals surface area contributed by atoms with Gasteiger partial charge in [-0.1, -0.05) is 18.7 Å². The molecule has 0 radical (unpaired) electrons. The summed E-state index contributed by atoms with van der Waals surface area (Å²) in [4.78, 5) is 10.8. The second-order valence-corrected chi connectivity index (χ2v) is 3.20. The molecule has 0 bridgehead atoms. The van der Waals surface area contributed by atoms with Crippen molar-refractivity contribution in [1.82, 2.24) is 0 Å². The highest BCUT2D eigenvalue weighted by molar-refractivity contribution is 5.70. The van der Waals surface area contributed by atoms with E-state index in [4.69, 9.17) is 4.74 Å². The van der Waals surface area contributed by atoms with Crippen LogP contribution in [0.1, 0.15) is 23.6 Å². The van der Waals surface area contributed by atoms with E-state index in [1.165, 1.54) is 6.92 Å². The average Bonchev–Trinajstić information content (AvgIpc) is 2.13. The van der Waals surface area contributed by atoms with E-state index in [-0.39, 0.29) is 5.97 Å². The molecule has 2 nitrogen and oxygen atoms in total. The van der Waals surface area contributed by atoms with Gasteiger partial charge in [0.2, 0.25) is 0 Å². The van der Waals surface area contributed by atoms with Crippen LogP contribution in [0.4, 0.5) is 0 Å². The van der Waals surface area contributed by atoms with Gasteiger partial charge in [0.25, 0.3) is 0 Å². The van der Waals surface area contributed by atoms with E-state index >= 15 is 0 Å². The summed E-state index contributed by atoms with van der Waals surface area (Å²) in [5.74, 6) is 0.333. The maximum atomic E-state index is 10.8. The molecule has 0 aliphatic carbocycles. The van der Waals surface area contributed by atoms with Gasteiger partial charge in [-0.15, -0.1) is 0 Å². The molecule has 1 rings (SSSR count). The SMILES string of the molecule is C=Cc1ccc(OC(C)=O)c(C)c1C. The maximum Gasteiger partial charge on any atom is 0.308 e. The van der Waals surface area contributed by atoms with Crippen LogP contribution in [0.15, 0.2) is 18.7 Å². The Hall–Kier alpha value is -1.57. The summed E-state index contributed by atoms with van der Waals surface area (Å²) in [6.07, 6.45) is 1.79. The minimum atomic E-state index is -0.293. The fourth-order valence-corrected chi connectivity index (χ4v) is 1.30. The molecule has 0 aliphatic heterocycles. The standard InChI is InChI=1S/C12H14O2/c1-5-11-6-7-12(14-10(4)13)9(3)8(11)2/h5-7H,1H2,2-4H3. The second kappa shape index (κ2) is 4.09. The maximum absolute atomic E-state index is 10.8. The molecule has 0 fully saturated rings. The first-order valence-corrected chi connectivity index (χ1v) is 4.47. The van der Waals surface area contributed by atoms with Crippen molar-refractivity contribution in [2.45, 2.75) is 20.8 Å². The predicted octanol–water partition coefficient (Wildman–Crippen LogP) is 2.87. The number of rotatable bonds is 2. The van der Waals surface area contributed by atoms with Crippen LogP contribution in [0.2, 0.25) is 0 Å². The van der Waals surface area contributed by atoms with E-state index in [0.29, 0.717) is 5.75 Å².